The Bertz CT molecular complexity index is 676. The fourth-order valence-corrected chi connectivity index (χ4v) is 2.80. The van der Waals surface area contributed by atoms with Gasteiger partial charge in [-0.05, 0) is 29.8 Å². The molecular formula is C15H13FN2OS. The van der Waals surface area contributed by atoms with Crippen molar-refractivity contribution >= 4 is 11.3 Å². The Labute approximate surface area is 119 Å². The third-order valence-electron chi connectivity index (χ3n) is 3.02. The van der Waals surface area contributed by atoms with E-state index in [0.717, 1.165) is 22.0 Å². The van der Waals surface area contributed by atoms with Gasteiger partial charge >= 0.3 is 0 Å². The normalized spacial score (nSPS) is 12.5. The van der Waals surface area contributed by atoms with E-state index in [9.17, 15) is 4.39 Å². The molecule has 1 unspecified atom stereocenters. The molecule has 5 heteroatoms. The van der Waals surface area contributed by atoms with Gasteiger partial charge in [-0.25, -0.2) is 9.37 Å². The number of nitrogens with two attached hydrogens (primary N) is 1. The number of aromatic nitrogens is 1. The molecule has 1 aromatic carbocycles. The molecule has 0 aliphatic carbocycles. The molecule has 20 heavy (non-hydrogen) atoms. The van der Waals surface area contributed by atoms with E-state index in [1.807, 2.05) is 17.5 Å². The molecule has 0 saturated carbocycles. The van der Waals surface area contributed by atoms with E-state index < -0.39 is 0 Å². The topological polar surface area (TPSA) is 52.0 Å². The van der Waals surface area contributed by atoms with Crippen LogP contribution < -0.4 is 5.73 Å². The van der Waals surface area contributed by atoms with Crippen molar-refractivity contribution in [3.63, 3.8) is 0 Å². The smallest absolute Gasteiger partial charge is 0.153 e. The highest BCUT2D eigenvalue weighted by molar-refractivity contribution is 7.09. The first-order valence-electron chi connectivity index (χ1n) is 6.22. The van der Waals surface area contributed by atoms with Crippen molar-refractivity contribution in [1.82, 2.24) is 4.98 Å². The second kappa shape index (κ2) is 5.56. The fourth-order valence-electron chi connectivity index (χ4n) is 1.96. The molecule has 3 aromatic rings. The fraction of sp³-hybridized carbons (Fsp3) is 0.133. The minimum Gasteiger partial charge on any atom is -0.463 e. The first-order valence-corrected chi connectivity index (χ1v) is 7.09. The van der Waals surface area contributed by atoms with Crippen LogP contribution in [0.4, 0.5) is 4.39 Å². The van der Waals surface area contributed by atoms with E-state index in [1.165, 1.54) is 12.1 Å². The van der Waals surface area contributed by atoms with Crippen molar-refractivity contribution in [2.75, 3.05) is 0 Å². The van der Waals surface area contributed by atoms with E-state index in [4.69, 9.17) is 10.2 Å². The average molecular weight is 288 g/mol. The maximum Gasteiger partial charge on any atom is 0.153 e. The van der Waals surface area contributed by atoms with Gasteiger partial charge in [-0.2, -0.15) is 0 Å². The summed E-state index contributed by atoms with van der Waals surface area (Å²) in [6, 6.07) is 9.78. The van der Waals surface area contributed by atoms with Crippen LogP contribution in [-0.2, 0) is 6.42 Å². The molecule has 0 amide bonds. The Morgan fingerprint density at radius 3 is 2.75 bits per heavy atom. The Morgan fingerprint density at radius 2 is 2.05 bits per heavy atom. The second-order valence-corrected chi connectivity index (χ2v) is 5.41. The maximum atomic E-state index is 12.9. The Kier molecular flexibility index (Phi) is 3.62. The molecule has 2 heterocycles. The first kappa shape index (κ1) is 13.0. The summed E-state index contributed by atoms with van der Waals surface area (Å²) in [5, 5.41) is 2.89. The molecule has 0 bridgehead atoms. The predicted molar refractivity (Wildman–Crippen MR) is 76.8 cm³/mol. The van der Waals surface area contributed by atoms with Gasteiger partial charge in [0.2, 0.25) is 0 Å². The van der Waals surface area contributed by atoms with Crippen LogP contribution in [0.5, 0.6) is 0 Å². The number of halogens is 1. The van der Waals surface area contributed by atoms with Crippen LogP contribution in [0, 0.1) is 5.82 Å². The number of benzene rings is 1. The van der Waals surface area contributed by atoms with Gasteiger partial charge in [0.1, 0.15) is 11.5 Å². The lowest BCUT2D eigenvalue weighted by Crippen LogP contribution is -2.13. The van der Waals surface area contributed by atoms with Gasteiger partial charge in [-0.15, -0.1) is 11.3 Å². The van der Waals surface area contributed by atoms with Gasteiger partial charge in [0.25, 0.3) is 0 Å². The average Bonchev–Trinajstić information content (AvgIpc) is 3.09. The lowest BCUT2D eigenvalue weighted by atomic mass is 10.1. The van der Waals surface area contributed by atoms with Crippen LogP contribution in [-0.4, -0.2) is 4.98 Å². The van der Waals surface area contributed by atoms with Crippen LogP contribution in [0.2, 0.25) is 0 Å². The molecule has 3 rings (SSSR count). The molecule has 2 N–H and O–H groups in total. The van der Waals surface area contributed by atoms with Crippen molar-refractivity contribution < 1.29 is 8.81 Å². The molecule has 1 atom stereocenters. The predicted octanol–water partition coefficient (Wildman–Crippen LogP) is 3.78. The third kappa shape index (κ3) is 2.79. The highest BCUT2D eigenvalue weighted by Crippen LogP contribution is 2.25. The molecule has 0 fully saturated rings. The van der Waals surface area contributed by atoms with Crippen LogP contribution in [0.1, 0.15) is 16.6 Å². The number of hydrogen-bond acceptors (Lipinski definition) is 4. The lowest BCUT2D eigenvalue weighted by molar-refractivity contribution is 0.580. The van der Waals surface area contributed by atoms with Crippen LogP contribution in [0.25, 0.3) is 11.5 Å². The van der Waals surface area contributed by atoms with Gasteiger partial charge in [-0.1, -0.05) is 12.1 Å². The van der Waals surface area contributed by atoms with E-state index >= 15 is 0 Å². The quantitative estimate of drug-likeness (QED) is 0.794. The van der Waals surface area contributed by atoms with Crippen molar-refractivity contribution in [3.05, 3.63) is 64.4 Å². The van der Waals surface area contributed by atoms with E-state index in [-0.39, 0.29) is 11.9 Å². The van der Waals surface area contributed by atoms with E-state index in [1.54, 1.807) is 29.7 Å². The van der Waals surface area contributed by atoms with Gasteiger partial charge in [0.15, 0.2) is 5.76 Å². The molecule has 2 aromatic heterocycles. The SMILES string of the molecule is NC(Cc1nc(-c2ccco2)cs1)c1ccc(F)cc1. The largest absolute Gasteiger partial charge is 0.463 e. The van der Waals surface area contributed by atoms with Crippen molar-refractivity contribution in [1.29, 1.82) is 0 Å². The Balaban J connectivity index is 1.73. The van der Waals surface area contributed by atoms with Crippen LogP contribution in [0.15, 0.2) is 52.5 Å². The molecular weight excluding hydrogens is 275 g/mol. The minimum atomic E-state index is -0.254. The Morgan fingerprint density at radius 1 is 1.25 bits per heavy atom. The Hall–Kier alpha value is -1.98. The summed E-state index contributed by atoms with van der Waals surface area (Å²) >= 11 is 1.55. The highest BCUT2D eigenvalue weighted by atomic mass is 32.1. The van der Waals surface area contributed by atoms with Gasteiger partial charge in [0, 0.05) is 17.8 Å². The second-order valence-electron chi connectivity index (χ2n) is 4.47. The molecule has 0 spiro atoms. The van der Waals surface area contributed by atoms with Gasteiger partial charge < -0.3 is 10.2 Å². The van der Waals surface area contributed by atoms with Crippen molar-refractivity contribution in [2.24, 2.45) is 5.73 Å². The van der Waals surface area contributed by atoms with E-state index in [0.29, 0.717) is 6.42 Å². The molecule has 3 nitrogen and oxygen atoms in total. The highest BCUT2D eigenvalue weighted by Gasteiger charge is 2.12. The third-order valence-corrected chi connectivity index (χ3v) is 3.89. The summed E-state index contributed by atoms with van der Waals surface area (Å²) in [7, 11) is 0. The monoisotopic (exact) mass is 288 g/mol. The minimum absolute atomic E-state index is 0.189. The lowest BCUT2D eigenvalue weighted by Gasteiger charge is -2.09. The number of nitrogens with zero attached hydrogens (tertiary/aromatic N) is 1. The first-order chi connectivity index (χ1) is 9.72. The zero-order chi connectivity index (χ0) is 13.9. The van der Waals surface area contributed by atoms with Crippen LogP contribution in [0.3, 0.4) is 0 Å². The summed E-state index contributed by atoms with van der Waals surface area (Å²) in [6.45, 7) is 0. The number of furan rings is 1. The summed E-state index contributed by atoms with van der Waals surface area (Å²) in [5.41, 5.74) is 7.85. The summed E-state index contributed by atoms with van der Waals surface area (Å²) in [5.74, 6) is 0.498. The zero-order valence-corrected chi connectivity index (χ0v) is 11.4. The summed E-state index contributed by atoms with van der Waals surface area (Å²) < 4.78 is 18.2. The zero-order valence-electron chi connectivity index (χ0n) is 10.6. The molecule has 0 saturated heterocycles. The molecule has 0 radical (unpaired) electrons. The molecule has 102 valence electrons. The van der Waals surface area contributed by atoms with Crippen molar-refractivity contribution in [2.45, 2.75) is 12.5 Å². The van der Waals surface area contributed by atoms with Crippen molar-refractivity contribution in [3.8, 4) is 11.5 Å². The number of thiazole rings is 1. The maximum absolute atomic E-state index is 12.9. The summed E-state index contributed by atoms with van der Waals surface area (Å²) in [6.07, 6.45) is 2.25. The van der Waals surface area contributed by atoms with Crippen LogP contribution >= 0.6 is 11.3 Å². The number of rotatable bonds is 4. The van der Waals surface area contributed by atoms with Gasteiger partial charge in [0.05, 0.1) is 11.3 Å². The standard InChI is InChI=1S/C15H13FN2OS/c16-11-5-3-10(4-6-11)12(17)8-15-18-13(9-20-15)14-2-1-7-19-14/h1-7,9,12H,8,17H2. The number of hydrogen-bond donors (Lipinski definition) is 1. The molecule has 0 aliphatic rings. The van der Waals surface area contributed by atoms with E-state index in [2.05, 4.69) is 4.98 Å². The molecule has 0 aliphatic heterocycles. The van der Waals surface area contributed by atoms with Gasteiger partial charge in [-0.3, -0.25) is 0 Å². The summed E-state index contributed by atoms with van der Waals surface area (Å²) in [4.78, 5) is 4.51.